The van der Waals surface area contributed by atoms with E-state index in [0.29, 0.717) is 5.41 Å². The predicted octanol–water partition coefficient (Wildman–Crippen LogP) is 1.65. The first-order valence-electron chi connectivity index (χ1n) is 5.62. The lowest BCUT2D eigenvalue weighted by Gasteiger charge is -2.24. The van der Waals surface area contributed by atoms with Gasteiger partial charge in [0.1, 0.15) is 0 Å². The average molecular weight is 182 g/mol. The predicted molar refractivity (Wildman–Crippen MR) is 55.6 cm³/mol. The van der Waals surface area contributed by atoms with E-state index in [1.54, 1.807) is 0 Å². The summed E-state index contributed by atoms with van der Waals surface area (Å²) in [6.07, 6.45) is 7.90. The summed E-state index contributed by atoms with van der Waals surface area (Å²) < 4.78 is 0. The highest BCUT2D eigenvalue weighted by Gasteiger charge is 2.37. The Labute approximate surface area is 81.3 Å². The standard InChI is InChI=1S/C11H22N2/c1-10(6-7-10)8-13-9-11(12)4-2-3-5-11/h13H,2-9,12H2,1H3. The van der Waals surface area contributed by atoms with Crippen LogP contribution in [0.2, 0.25) is 0 Å². The van der Waals surface area contributed by atoms with Crippen LogP contribution in [0.25, 0.3) is 0 Å². The van der Waals surface area contributed by atoms with Crippen molar-refractivity contribution in [1.29, 1.82) is 0 Å². The molecule has 2 nitrogen and oxygen atoms in total. The molecule has 2 aliphatic carbocycles. The summed E-state index contributed by atoms with van der Waals surface area (Å²) in [5.74, 6) is 0. The number of rotatable bonds is 4. The average Bonchev–Trinajstić information content (AvgIpc) is 2.62. The van der Waals surface area contributed by atoms with Gasteiger partial charge in [0.25, 0.3) is 0 Å². The van der Waals surface area contributed by atoms with E-state index in [2.05, 4.69) is 12.2 Å². The number of hydrogen-bond acceptors (Lipinski definition) is 2. The van der Waals surface area contributed by atoms with E-state index in [1.165, 1.54) is 45.1 Å². The van der Waals surface area contributed by atoms with Gasteiger partial charge >= 0.3 is 0 Å². The Balaban J connectivity index is 1.66. The quantitative estimate of drug-likeness (QED) is 0.694. The van der Waals surface area contributed by atoms with Crippen molar-refractivity contribution in [2.75, 3.05) is 13.1 Å². The number of nitrogens with two attached hydrogens (primary N) is 1. The lowest BCUT2D eigenvalue weighted by Crippen LogP contribution is -2.47. The molecule has 0 aromatic rings. The van der Waals surface area contributed by atoms with Gasteiger partial charge in [-0.2, -0.15) is 0 Å². The van der Waals surface area contributed by atoms with Crippen molar-refractivity contribution in [3.63, 3.8) is 0 Å². The molecule has 76 valence electrons. The fourth-order valence-corrected chi connectivity index (χ4v) is 2.26. The normalized spacial score (nSPS) is 29.1. The number of hydrogen-bond donors (Lipinski definition) is 2. The first kappa shape index (κ1) is 9.47. The highest BCUT2D eigenvalue weighted by molar-refractivity contribution is 4.94. The van der Waals surface area contributed by atoms with Crippen molar-refractivity contribution in [2.45, 2.75) is 51.0 Å². The zero-order valence-electron chi connectivity index (χ0n) is 8.73. The van der Waals surface area contributed by atoms with Crippen molar-refractivity contribution in [2.24, 2.45) is 11.1 Å². The molecule has 0 aliphatic heterocycles. The smallest absolute Gasteiger partial charge is 0.0280 e. The van der Waals surface area contributed by atoms with Gasteiger partial charge in [0.2, 0.25) is 0 Å². The molecule has 2 fully saturated rings. The molecule has 0 unspecified atom stereocenters. The summed E-state index contributed by atoms with van der Waals surface area (Å²) in [6.45, 7) is 4.56. The first-order valence-corrected chi connectivity index (χ1v) is 5.62. The first-order chi connectivity index (χ1) is 6.12. The maximum Gasteiger partial charge on any atom is 0.0280 e. The molecule has 0 spiro atoms. The highest BCUT2D eigenvalue weighted by atomic mass is 15.0. The summed E-state index contributed by atoms with van der Waals surface area (Å²) in [5.41, 5.74) is 7.00. The van der Waals surface area contributed by atoms with E-state index in [9.17, 15) is 0 Å². The fourth-order valence-electron chi connectivity index (χ4n) is 2.26. The van der Waals surface area contributed by atoms with Crippen LogP contribution in [0.15, 0.2) is 0 Å². The van der Waals surface area contributed by atoms with Gasteiger partial charge in [-0.15, -0.1) is 0 Å². The lowest BCUT2D eigenvalue weighted by atomic mass is 9.99. The lowest BCUT2D eigenvalue weighted by molar-refractivity contribution is 0.381. The largest absolute Gasteiger partial charge is 0.324 e. The topological polar surface area (TPSA) is 38.0 Å². The van der Waals surface area contributed by atoms with Gasteiger partial charge in [0.15, 0.2) is 0 Å². The second kappa shape index (κ2) is 3.25. The minimum atomic E-state index is 0.130. The van der Waals surface area contributed by atoms with Gasteiger partial charge in [-0.05, 0) is 31.1 Å². The van der Waals surface area contributed by atoms with Gasteiger partial charge in [-0.25, -0.2) is 0 Å². The van der Waals surface area contributed by atoms with Crippen LogP contribution in [0.5, 0.6) is 0 Å². The fraction of sp³-hybridized carbons (Fsp3) is 1.00. The second-order valence-corrected chi connectivity index (χ2v) is 5.48. The number of nitrogens with one attached hydrogen (secondary N) is 1. The second-order valence-electron chi connectivity index (χ2n) is 5.48. The molecule has 0 aromatic heterocycles. The monoisotopic (exact) mass is 182 g/mol. The Bertz CT molecular complexity index is 179. The summed E-state index contributed by atoms with van der Waals surface area (Å²) in [6, 6.07) is 0. The molecule has 3 N–H and O–H groups in total. The van der Waals surface area contributed by atoms with E-state index < -0.39 is 0 Å². The molecule has 0 heterocycles. The molecule has 2 rings (SSSR count). The van der Waals surface area contributed by atoms with Gasteiger partial charge in [0.05, 0.1) is 0 Å². The Morgan fingerprint density at radius 2 is 1.69 bits per heavy atom. The van der Waals surface area contributed by atoms with Crippen LogP contribution < -0.4 is 11.1 Å². The Morgan fingerprint density at radius 3 is 2.23 bits per heavy atom. The summed E-state index contributed by atoms with van der Waals surface area (Å²) in [7, 11) is 0. The Morgan fingerprint density at radius 1 is 1.08 bits per heavy atom. The van der Waals surface area contributed by atoms with Gasteiger partial charge in [0, 0.05) is 18.6 Å². The van der Waals surface area contributed by atoms with Crippen LogP contribution in [-0.4, -0.2) is 18.6 Å². The molecule has 0 radical (unpaired) electrons. The minimum Gasteiger partial charge on any atom is -0.324 e. The molecule has 0 aromatic carbocycles. The third-order valence-corrected chi connectivity index (χ3v) is 3.73. The molecule has 13 heavy (non-hydrogen) atoms. The van der Waals surface area contributed by atoms with Crippen molar-refractivity contribution in [3.8, 4) is 0 Å². The van der Waals surface area contributed by atoms with Crippen molar-refractivity contribution in [1.82, 2.24) is 5.32 Å². The molecule has 2 aliphatic rings. The molecule has 0 bridgehead atoms. The van der Waals surface area contributed by atoms with Crippen LogP contribution in [-0.2, 0) is 0 Å². The highest BCUT2D eigenvalue weighted by Crippen LogP contribution is 2.44. The molecule has 0 amide bonds. The molecule has 0 atom stereocenters. The minimum absolute atomic E-state index is 0.130. The maximum absolute atomic E-state index is 6.25. The van der Waals surface area contributed by atoms with Crippen LogP contribution in [0.1, 0.15) is 45.4 Å². The van der Waals surface area contributed by atoms with E-state index in [4.69, 9.17) is 5.73 Å². The summed E-state index contributed by atoms with van der Waals surface area (Å²) >= 11 is 0. The third kappa shape index (κ3) is 2.44. The van der Waals surface area contributed by atoms with Crippen LogP contribution in [0.4, 0.5) is 0 Å². The van der Waals surface area contributed by atoms with E-state index in [-0.39, 0.29) is 5.54 Å². The van der Waals surface area contributed by atoms with Crippen LogP contribution in [0.3, 0.4) is 0 Å². The summed E-state index contributed by atoms with van der Waals surface area (Å²) in [4.78, 5) is 0. The molecule has 2 heteroatoms. The van der Waals surface area contributed by atoms with E-state index >= 15 is 0 Å². The van der Waals surface area contributed by atoms with Crippen molar-refractivity contribution in [3.05, 3.63) is 0 Å². The third-order valence-electron chi connectivity index (χ3n) is 3.73. The van der Waals surface area contributed by atoms with Crippen molar-refractivity contribution < 1.29 is 0 Å². The Kier molecular flexibility index (Phi) is 2.37. The molecule has 0 saturated heterocycles. The van der Waals surface area contributed by atoms with Crippen LogP contribution in [0, 0.1) is 5.41 Å². The molecule has 2 saturated carbocycles. The van der Waals surface area contributed by atoms with Gasteiger partial charge in [-0.1, -0.05) is 19.8 Å². The van der Waals surface area contributed by atoms with E-state index in [1.807, 2.05) is 0 Å². The zero-order valence-corrected chi connectivity index (χ0v) is 8.73. The van der Waals surface area contributed by atoms with E-state index in [0.717, 1.165) is 6.54 Å². The SMILES string of the molecule is CC1(CNCC2(N)CCCC2)CC1. The summed E-state index contributed by atoms with van der Waals surface area (Å²) in [5, 5.41) is 3.55. The maximum atomic E-state index is 6.25. The molecular weight excluding hydrogens is 160 g/mol. The van der Waals surface area contributed by atoms with Gasteiger partial charge < -0.3 is 11.1 Å². The van der Waals surface area contributed by atoms with Crippen molar-refractivity contribution >= 4 is 0 Å². The molecular formula is C11H22N2. The zero-order chi connectivity index (χ0) is 9.36. The Hall–Kier alpha value is -0.0800. The van der Waals surface area contributed by atoms with Gasteiger partial charge in [-0.3, -0.25) is 0 Å². The van der Waals surface area contributed by atoms with Crippen LogP contribution >= 0.6 is 0 Å².